The third-order valence-electron chi connectivity index (χ3n) is 8.41. The van der Waals surface area contributed by atoms with Crippen molar-refractivity contribution in [1.82, 2.24) is 5.32 Å². The first-order valence-corrected chi connectivity index (χ1v) is 14.5. The molecule has 0 spiro atoms. The lowest BCUT2D eigenvalue weighted by molar-refractivity contribution is 0.145. The molecule has 5 aliphatic rings. The van der Waals surface area contributed by atoms with E-state index in [1.54, 1.807) is 0 Å². The second-order valence-corrected chi connectivity index (χ2v) is 14.7. The smallest absolute Gasteiger partial charge is 0.167 e. The zero-order chi connectivity index (χ0) is 23.6. The van der Waals surface area contributed by atoms with Gasteiger partial charge in [0, 0.05) is 22.9 Å². The summed E-state index contributed by atoms with van der Waals surface area (Å²) in [7, 11) is 0. The Morgan fingerprint density at radius 2 is 1.16 bits per heavy atom. The van der Waals surface area contributed by atoms with Gasteiger partial charge < -0.3 is 5.32 Å². The molecular weight excluding hydrogens is 550 g/mol. The molecule has 0 heterocycles. The number of fused-ring (bicyclic) bond motifs is 5. The van der Waals surface area contributed by atoms with Gasteiger partial charge in [-0.3, -0.25) is 0 Å². The van der Waals surface area contributed by atoms with Crippen molar-refractivity contribution in [2.45, 2.75) is 109 Å². The van der Waals surface area contributed by atoms with Crippen molar-refractivity contribution >= 4 is 81.2 Å². The first kappa shape index (κ1) is 26.5. The molecule has 1 N–H and O–H groups in total. The van der Waals surface area contributed by atoms with E-state index < -0.39 is 14.1 Å². The molecule has 0 aromatic carbocycles. The van der Waals surface area contributed by atoms with E-state index in [-0.39, 0.29) is 27.3 Å². The number of hydrogen-bond donors (Lipinski definition) is 1. The van der Waals surface area contributed by atoms with Gasteiger partial charge in [0.05, 0.1) is 15.4 Å². The third kappa shape index (κ3) is 3.91. The predicted molar refractivity (Wildman–Crippen MR) is 142 cm³/mol. The summed E-state index contributed by atoms with van der Waals surface area (Å²) in [4.78, 5) is -2.45. The Balaban J connectivity index is 0.000000155. The Morgan fingerprint density at radius 1 is 0.719 bits per heavy atom. The van der Waals surface area contributed by atoms with Gasteiger partial charge in [-0.05, 0) is 39.5 Å². The number of hydrogen-bond acceptors (Lipinski definition) is 1. The number of allylic oxidation sites excluding steroid dienone is 4. The molecule has 182 valence electrons. The normalized spacial score (nSPS) is 43.1. The zero-order valence-corrected chi connectivity index (χ0v) is 23.9. The maximum atomic E-state index is 6.57. The lowest BCUT2D eigenvalue weighted by Crippen LogP contribution is -2.56. The van der Waals surface area contributed by atoms with E-state index in [4.69, 9.17) is 81.2 Å². The highest BCUT2D eigenvalue weighted by Crippen LogP contribution is 2.78. The van der Waals surface area contributed by atoms with Gasteiger partial charge in [-0.2, -0.15) is 0 Å². The van der Waals surface area contributed by atoms with Crippen LogP contribution in [-0.2, 0) is 0 Å². The Bertz CT molecular complexity index is 774. The first-order chi connectivity index (χ1) is 14.8. The molecule has 0 aliphatic heterocycles. The molecule has 5 atom stereocenters. The van der Waals surface area contributed by atoms with Gasteiger partial charge in [0.25, 0.3) is 0 Å². The molecule has 32 heavy (non-hydrogen) atoms. The van der Waals surface area contributed by atoms with Crippen LogP contribution in [0, 0.1) is 11.8 Å². The van der Waals surface area contributed by atoms with Crippen LogP contribution in [0.4, 0.5) is 0 Å². The van der Waals surface area contributed by atoms with Crippen LogP contribution in [-0.4, -0.2) is 30.5 Å². The lowest BCUT2D eigenvalue weighted by atomic mass is 9.77. The molecule has 8 heteroatoms. The average Bonchev–Trinajstić information content (AvgIpc) is 3.22. The molecule has 3 fully saturated rings. The minimum Gasteiger partial charge on any atom is -0.306 e. The van der Waals surface area contributed by atoms with E-state index in [0.29, 0.717) is 11.1 Å². The maximum Gasteiger partial charge on any atom is 0.167 e. The zero-order valence-electron chi connectivity index (χ0n) is 18.6. The average molecular weight is 583 g/mol. The van der Waals surface area contributed by atoms with Gasteiger partial charge in [-0.1, -0.05) is 97.1 Å². The third-order valence-corrected chi connectivity index (χ3v) is 13.1. The van der Waals surface area contributed by atoms with Crippen LogP contribution in [0.25, 0.3) is 0 Å². The van der Waals surface area contributed by atoms with Crippen molar-refractivity contribution in [2.75, 3.05) is 0 Å². The number of alkyl halides is 5. The van der Waals surface area contributed by atoms with Gasteiger partial charge in [0.2, 0.25) is 0 Å². The van der Waals surface area contributed by atoms with Gasteiger partial charge >= 0.3 is 0 Å². The summed E-state index contributed by atoms with van der Waals surface area (Å²) in [5.41, 5.74) is 0.898. The highest BCUT2D eigenvalue weighted by molar-refractivity contribution is 6.66. The second-order valence-electron chi connectivity index (χ2n) is 10.9. The van der Waals surface area contributed by atoms with Crippen LogP contribution in [0.1, 0.15) is 78.1 Å². The summed E-state index contributed by atoms with van der Waals surface area (Å²) in [6.07, 6.45) is 17.9. The molecule has 1 nitrogen and oxygen atoms in total. The fourth-order valence-electron chi connectivity index (χ4n) is 6.72. The predicted octanol–water partition coefficient (Wildman–Crippen LogP) is 9.26. The minimum atomic E-state index is -1.48. The quantitative estimate of drug-likeness (QED) is 0.253. The van der Waals surface area contributed by atoms with Crippen LogP contribution in [0.2, 0.25) is 0 Å². The molecule has 3 saturated carbocycles. The molecule has 0 amide bonds. The fourth-order valence-corrected chi connectivity index (χ4v) is 10.2. The summed E-state index contributed by atoms with van der Waals surface area (Å²) in [6.45, 7) is 4.90. The minimum absolute atomic E-state index is 0.205. The molecule has 2 bridgehead atoms. The van der Waals surface area contributed by atoms with Crippen molar-refractivity contribution in [3.05, 3.63) is 22.2 Å². The maximum absolute atomic E-state index is 6.57. The van der Waals surface area contributed by atoms with E-state index in [1.807, 2.05) is 12.2 Å². The van der Waals surface area contributed by atoms with E-state index in [1.165, 1.54) is 64.2 Å². The van der Waals surface area contributed by atoms with E-state index >= 15 is 0 Å². The van der Waals surface area contributed by atoms with Gasteiger partial charge in [-0.15, -0.1) is 34.8 Å². The number of rotatable bonds is 2. The van der Waals surface area contributed by atoms with Crippen molar-refractivity contribution in [1.29, 1.82) is 0 Å². The largest absolute Gasteiger partial charge is 0.306 e. The Morgan fingerprint density at radius 3 is 1.62 bits per heavy atom. The highest BCUT2D eigenvalue weighted by atomic mass is 35.5. The molecule has 0 aromatic rings. The van der Waals surface area contributed by atoms with Crippen molar-refractivity contribution in [3.63, 3.8) is 0 Å². The first-order valence-electron chi connectivity index (χ1n) is 11.8. The summed E-state index contributed by atoms with van der Waals surface area (Å²) in [5.74, 6) is -0.470. The molecule has 5 rings (SSSR count). The Hall–Kier alpha value is 1.47. The van der Waals surface area contributed by atoms with E-state index in [9.17, 15) is 0 Å². The second kappa shape index (κ2) is 9.09. The van der Waals surface area contributed by atoms with E-state index in [2.05, 4.69) is 19.2 Å². The summed E-state index contributed by atoms with van der Waals surface area (Å²) < 4.78 is -1.48. The number of halogens is 7. The fraction of sp³-hybridized carbons (Fsp3) is 0.833. The molecule has 0 saturated heterocycles. The molecular formula is C24H32Cl7N. The summed E-state index contributed by atoms with van der Waals surface area (Å²) in [5, 5.41) is 4.12. The van der Waals surface area contributed by atoms with Gasteiger partial charge in [0.1, 0.15) is 9.75 Å². The van der Waals surface area contributed by atoms with Crippen LogP contribution in [0.15, 0.2) is 22.2 Å². The van der Waals surface area contributed by atoms with Crippen LogP contribution < -0.4 is 5.32 Å². The van der Waals surface area contributed by atoms with Gasteiger partial charge in [0.15, 0.2) is 4.33 Å². The van der Waals surface area contributed by atoms with Crippen LogP contribution >= 0.6 is 81.2 Å². The standard InChI is InChI=1S/C14H27N.C10H5Cl7/c1-13(9-5-3-6-10-13)15-14(2)11-7-4-8-12-14;11-4-2-1-3-5(4)9(15)7(13)6(12)8(3,14)10(9,16)17/h15H,3-12H2,1-2H3;1-5H. The monoisotopic (exact) mass is 579 g/mol. The van der Waals surface area contributed by atoms with Crippen molar-refractivity contribution in [2.24, 2.45) is 11.8 Å². The number of nitrogens with one attached hydrogen (secondary N) is 1. The summed E-state index contributed by atoms with van der Waals surface area (Å²) >= 11 is 44.5. The highest BCUT2D eigenvalue weighted by Gasteiger charge is 2.83. The van der Waals surface area contributed by atoms with Crippen LogP contribution in [0.5, 0.6) is 0 Å². The van der Waals surface area contributed by atoms with Crippen LogP contribution in [0.3, 0.4) is 0 Å². The molecule has 5 unspecified atom stereocenters. The van der Waals surface area contributed by atoms with Gasteiger partial charge in [-0.25, -0.2) is 0 Å². The lowest BCUT2D eigenvalue weighted by Gasteiger charge is -2.45. The molecule has 5 aliphatic carbocycles. The summed E-state index contributed by atoms with van der Waals surface area (Å²) in [6, 6.07) is 0. The Kier molecular flexibility index (Phi) is 7.54. The SMILES string of the molecule is CC1(NC2(C)CCCCC2)CCCCC1.ClC1=C(Cl)C2(Cl)C3C(Cl)C=CC3C1(Cl)C2(Cl)Cl. The molecule has 0 aromatic heterocycles. The van der Waals surface area contributed by atoms with E-state index in [0.717, 1.165) is 0 Å². The topological polar surface area (TPSA) is 12.0 Å². The molecule has 0 radical (unpaired) electrons. The van der Waals surface area contributed by atoms with Crippen molar-refractivity contribution < 1.29 is 0 Å². The Labute approximate surface area is 227 Å². The van der Waals surface area contributed by atoms with Crippen molar-refractivity contribution in [3.8, 4) is 0 Å².